The van der Waals surface area contributed by atoms with E-state index < -0.39 is 6.10 Å². The van der Waals surface area contributed by atoms with Gasteiger partial charge in [0.25, 0.3) is 5.22 Å². The Bertz CT molecular complexity index is 930. The summed E-state index contributed by atoms with van der Waals surface area (Å²) in [6.45, 7) is 2.40. The maximum Gasteiger partial charge on any atom is 0.276 e. The molecule has 0 amide bonds. The van der Waals surface area contributed by atoms with E-state index in [0.29, 0.717) is 28.4 Å². The van der Waals surface area contributed by atoms with E-state index in [4.69, 9.17) is 18.6 Å². The summed E-state index contributed by atoms with van der Waals surface area (Å²) in [5.74, 6) is 2.87. The molecule has 0 saturated heterocycles. The van der Waals surface area contributed by atoms with Gasteiger partial charge in [-0.3, -0.25) is 0 Å². The lowest BCUT2D eigenvalue weighted by Gasteiger charge is -2.11. The second kappa shape index (κ2) is 7.89. The van der Waals surface area contributed by atoms with Crippen molar-refractivity contribution in [2.24, 2.45) is 0 Å². The molecular formula is C19H18N2O5S. The SMILES string of the molecule is Cc1cccc(OC[C@@H](O)CSc2nnc(-c3ccc4c(c3)OCO4)o2)c1. The van der Waals surface area contributed by atoms with Crippen molar-refractivity contribution in [2.45, 2.75) is 18.3 Å². The molecule has 1 aliphatic heterocycles. The first kappa shape index (κ1) is 17.7. The molecule has 0 aliphatic carbocycles. The lowest BCUT2D eigenvalue weighted by molar-refractivity contribution is 0.126. The zero-order valence-corrected chi connectivity index (χ0v) is 15.4. The number of aryl methyl sites for hydroxylation is 1. The third kappa shape index (κ3) is 4.35. The Hall–Kier alpha value is -2.71. The summed E-state index contributed by atoms with van der Waals surface area (Å²) in [7, 11) is 0. The molecule has 0 unspecified atom stereocenters. The van der Waals surface area contributed by atoms with Crippen molar-refractivity contribution in [2.75, 3.05) is 19.2 Å². The van der Waals surface area contributed by atoms with Gasteiger partial charge < -0.3 is 23.7 Å². The molecule has 4 rings (SSSR count). The Morgan fingerprint density at radius 3 is 2.93 bits per heavy atom. The molecule has 1 aromatic heterocycles. The van der Waals surface area contributed by atoms with Crippen LogP contribution in [0.2, 0.25) is 0 Å². The standard InChI is InChI=1S/C19H18N2O5S/c1-12-3-2-4-15(7-12)23-9-14(22)10-27-19-21-20-18(26-19)13-5-6-16-17(8-13)25-11-24-16/h2-8,14,22H,9-11H2,1H3/t14-/m1/s1. The topological polar surface area (TPSA) is 86.8 Å². The maximum absolute atomic E-state index is 10.1. The Morgan fingerprint density at radius 2 is 2.04 bits per heavy atom. The summed E-state index contributed by atoms with van der Waals surface area (Å²) in [6, 6.07) is 13.1. The van der Waals surface area contributed by atoms with Gasteiger partial charge in [0.05, 0.1) is 6.10 Å². The van der Waals surface area contributed by atoms with Gasteiger partial charge in [0.1, 0.15) is 12.4 Å². The van der Waals surface area contributed by atoms with Gasteiger partial charge in [-0.1, -0.05) is 23.9 Å². The van der Waals surface area contributed by atoms with E-state index in [0.717, 1.165) is 16.9 Å². The molecule has 1 atom stereocenters. The van der Waals surface area contributed by atoms with E-state index in [1.807, 2.05) is 37.3 Å². The normalized spacial score (nSPS) is 13.6. The first-order valence-electron chi connectivity index (χ1n) is 8.41. The number of aliphatic hydroxyl groups is 1. The van der Waals surface area contributed by atoms with Gasteiger partial charge in [-0.25, -0.2) is 0 Å². The molecule has 1 aliphatic rings. The Labute approximate surface area is 160 Å². The number of hydrogen-bond donors (Lipinski definition) is 1. The number of aromatic nitrogens is 2. The molecule has 0 spiro atoms. The number of aliphatic hydroxyl groups excluding tert-OH is 1. The molecule has 0 bridgehead atoms. The highest BCUT2D eigenvalue weighted by Gasteiger charge is 2.17. The average Bonchev–Trinajstić information content (AvgIpc) is 3.33. The number of thioether (sulfide) groups is 1. The predicted molar refractivity (Wildman–Crippen MR) is 99.3 cm³/mol. The predicted octanol–water partition coefficient (Wildman–Crippen LogP) is 3.31. The Morgan fingerprint density at radius 1 is 1.15 bits per heavy atom. The zero-order chi connectivity index (χ0) is 18.6. The molecule has 0 radical (unpaired) electrons. The van der Waals surface area contributed by atoms with Crippen LogP contribution in [0.1, 0.15) is 5.56 Å². The van der Waals surface area contributed by atoms with E-state index in [2.05, 4.69) is 10.2 Å². The molecular weight excluding hydrogens is 368 g/mol. The van der Waals surface area contributed by atoms with Crippen LogP contribution in [0.15, 0.2) is 52.1 Å². The quantitative estimate of drug-likeness (QED) is 0.619. The van der Waals surface area contributed by atoms with Crippen LogP contribution in [0.3, 0.4) is 0 Å². The molecule has 1 N–H and O–H groups in total. The molecule has 3 aromatic rings. The summed E-state index contributed by atoms with van der Waals surface area (Å²) >= 11 is 1.28. The Balaban J connectivity index is 1.30. The van der Waals surface area contributed by atoms with Crippen molar-refractivity contribution in [3.05, 3.63) is 48.0 Å². The summed E-state index contributed by atoms with van der Waals surface area (Å²) in [5.41, 5.74) is 1.86. The summed E-state index contributed by atoms with van der Waals surface area (Å²) in [4.78, 5) is 0. The smallest absolute Gasteiger partial charge is 0.276 e. The lowest BCUT2D eigenvalue weighted by atomic mass is 10.2. The van der Waals surface area contributed by atoms with Gasteiger partial charge in [0.2, 0.25) is 12.7 Å². The van der Waals surface area contributed by atoms with Crippen LogP contribution in [0.4, 0.5) is 0 Å². The first-order valence-corrected chi connectivity index (χ1v) is 9.40. The van der Waals surface area contributed by atoms with E-state index in [1.165, 1.54) is 11.8 Å². The van der Waals surface area contributed by atoms with Crippen molar-refractivity contribution < 1.29 is 23.7 Å². The fourth-order valence-electron chi connectivity index (χ4n) is 2.53. The van der Waals surface area contributed by atoms with Gasteiger partial charge in [-0.2, -0.15) is 0 Å². The molecule has 0 saturated carbocycles. The van der Waals surface area contributed by atoms with E-state index in [1.54, 1.807) is 12.1 Å². The van der Waals surface area contributed by atoms with Crippen LogP contribution in [0.5, 0.6) is 17.2 Å². The van der Waals surface area contributed by atoms with Crippen LogP contribution in [-0.4, -0.2) is 40.6 Å². The highest BCUT2D eigenvalue weighted by molar-refractivity contribution is 7.99. The van der Waals surface area contributed by atoms with Crippen molar-refractivity contribution in [1.29, 1.82) is 0 Å². The van der Waals surface area contributed by atoms with Crippen LogP contribution in [-0.2, 0) is 0 Å². The second-order valence-corrected chi connectivity index (χ2v) is 7.00. The monoisotopic (exact) mass is 386 g/mol. The molecule has 2 heterocycles. The van der Waals surface area contributed by atoms with E-state index in [9.17, 15) is 5.11 Å². The largest absolute Gasteiger partial charge is 0.491 e. The highest BCUT2D eigenvalue weighted by Crippen LogP contribution is 2.36. The summed E-state index contributed by atoms with van der Waals surface area (Å²) in [5, 5.41) is 18.5. The van der Waals surface area contributed by atoms with Crippen LogP contribution in [0.25, 0.3) is 11.5 Å². The van der Waals surface area contributed by atoms with Crippen molar-refractivity contribution in [3.8, 4) is 28.7 Å². The minimum absolute atomic E-state index is 0.194. The second-order valence-electron chi connectivity index (χ2n) is 6.03. The fraction of sp³-hybridized carbons (Fsp3) is 0.263. The van der Waals surface area contributed by atoms with Gasteiger partial charge in [0, 0.05) is 11.3 Å². The van der Waals surface area contributed by atoms with E-state index >= 15 is 0 Å². The number of nitrogens with zero attached hydrogens (tertiary/aromatic N) is 2. The number of fused-ring (bicyclic) bond motifs is 1. The van der Waals surface area contributed by atoms with Crippen molar-refractivity contribution in [1.82, 2.24) is 10.2 Å². The molecule has 2 aromatic carbocycles. The maximum atomic E-state index is 10.1. The molecule has 140 valence electrons. The van der Waals surface area contributed by atoms with Crippen LogP contribution in [0, 0.1) is 6.92 Å². The number of benzene rings is 2. The summed E-state index contributed by atoms with van der Waals surface area (Å²) < 4.78 is 21.9. The molecule has 8 heteroatoms. The third-order valence-corrected chi connectivity index (χ3v) is 4.82. The average molecular weight is 386 g/mol. The number of ether oxygens (including phenoxy) is 3. The lowest BCUT2D eigenvalue weighted by Crippen LogP contribution is -2.20. The van der Waals surface area contributed by atoms with Crippen molar-refractivity contribution in [3.63, 3.8) is 0 Å². The van der Waals surface area contributed by atoms with E-state index in [-0.39, 0.29) is 13.4 Å². The minimum Gasteiger partial charge on any atom is -0.491 e. The summed E-state index contributed by atoms with van der Waals surface area (Å²) in [6.07, 6.45) is -0.656. The third-order valence-electron chi connectivity index (χ3n) is 3.86. The number of rotatable bonds is 7. The number of hydrogen-bond acceptors (Lipinski definition) is 8. The van der Waals surface area contributed by atoms with Gasteiger partial charge in [-0.05, 0) is 42.8 Å². The fourth-order valence-corrected chi connectivity index (χ4v) is 3.20. The molecule has 27 heavy (non-hydrogen) atoms. The van der Waals surface area contributed by atoms with Gasteiger partial charge >= 0.3 is 0 Å². The highest BCUT2D eigenvalue weighted by atomic mass is 32.2. The minimum atomic E-state index is -0.656. The van der Waals surface area contributed by atoms with Crippen LogP contribution < -0.4 is 14.2 Å². The van der Waals surface area contributed by atoms with Gasteiger partial charge in [0.15, 0.2) is 11.5 Å². The van der Waals surface area contributed by atoms with Crippen molar-refractivity contribution >= 4 is 11.8 Å². The molecule has 0 fully saturated rings. The Kier molecular flexibility index (Phi) is 5.17. The zero-order valence-electron chi connectivity index (χ0n) is 14.6. The first-order chi connectivity index (χ1) is 13.2. The van der Waals surface area contributed by atoms with Crippen LogP contribution >= 0.6 is 11.8 Å². The van der Waals surface area contributed by atoms with Gasteiger partial charge in [-0.15, -0.1) is 10.2 Å². The molecule has 7 nitrogen and oxygen atoms in total.